The molecule has 0 bridgehead atoms. The minimum atomic E-state index is -3.31. The molecule has 0 aromatic heterocycles. The molecule has 0 aliphatic heterocycles. The predicted octanol–water partition coefficient (Wildman–Crippen LogP) is 4.08. The van der Waals surface area contributed by atoms with Crippen LogP contribution in [-0.4, -0.2) is 20.9 Å². The van der Waals surface area contributed by atoms with Crippen LogP contribution in [0.4, 0.5) is 5.69 Å². The molecular formula is C15H16ClNO2S2. The number of benzene rings is 2. The first-order chi connectivity index (χ1) is 9.93. The molecule has 0 spiro atoms. The van der Waals surface area contributed by atoms with Crippen molar-refractivity contribution in [2.45, 2.75) is 16.3 Å². The van der Waals surface area contributed by atoms with Gasteiger partial charge < -0.3 is 5.32 Å². The highest BCUT2D eigenvalue weighted by Gasteiger charge is 2.15. The maximum absolute atomic E-state index is 11.8. The van der Waals surface area contributed by atoms with E-state index in [2.05, 4.69) is 5.32 Å². The fourth-order valence-corrected chi connectivity index (χ4v) is 3.86. The molecule has 0 aliphatic carbocycles. The molecule has 0 aliphatic rings. The van der Waals surface area contributed by atoms with E-state index in [0.29, 0.717) is 17.1 Å². The van der Waals surface area contributed by atoms with Crippen LogP contribution in [-0.2, 0) is 16.4 Å². The Morgan fingerprint density at radius 1 is 1.14 bits per heavy atom. The lowest BCUT2D eigenvalue weighted by atomic mass is 10.2. The standard InChI is InChI=1S/C15H16ClNO2S2/c1-20-14-8-4-3-7-13(14)17-10-11-12(16)6-5-9-15(11)21(2,18)19/h3-9,17H,10H2,1-2H3. The summed E-state index contributed by atoms with van der Waals surface area (Å²) in [4.78, 5) is 1.37. The van der Waals surface area contributed by atoms with E-state index in [0.717, 1.165) is 10.6 Å². The van der Waals surface area contributed by atoms with E-state index in [1.54, 1.807) is 30.0 Å². The average Bonchev–Trinajstić information content (AvgIpc) is 2.45. The van der Waals surface area contributed by atoms with Crippen LogP contribution < -0.4 is 5.32 Å². The van der Waals surface area contributed by atoms with Gasteiger partial charge in [-0.15, -0.1) is 11.8 Å². The van der Waals surface area contributed by atoms with Crippen molar-refractivity contribution in [1.29, 1.82) is 0 Å². The van der Waals surface area contributed by atoms with Crippen LogP contribution in [0.5, 0.6) is 0 Å². The summed E-state index contributed by atoms with van der Waals surface area (Å²) in [6, 6.07) is 12.8. The first-order valence-electron chi connectivity index (χ1n) is 6.28. The van der Waals surface area contributed by atoms with Crippen LogP contribution in [0.1, 0.15) is 5.56 Å². The second kappa shape index (κ2) is 6.73. The third kappa shape index (κ3) is 3.93. The van der Waals surface area contributed by atoms with Gasteiger partial charge in [-0.05, 0) is 30.5 Å². The second-order valence-corrected chi connectivity index (χ2v) is 7.78. The zero-order valence-corrected chi connectivity index (χ0v) is 14.1. The van der Waals surface area contributed by atoms with Crippen molar-refractivity contribution < 1.29 is 8.42 Å². The maximum Gasteiger partial charge on any atom is 0.175 e. The number of sulfone groups is 1. The van der Waals surface area contributed by atoms with E-state index in [4.69, 9.17) is 11.6 Å². The first kappa shape index (κ1) is 16.2. The normalized spacial score (nSPS) is 11.4. The van der Waals surface area contributed by atoms with Crippen molar-refractivity contribution >= 4 is 38.9 Å². The summed E-state index contributed by atoms with van der Waals surface area (Å²) in [5, 5.41) is 3.72. The van der Waals surface area contributed by atoms with Crippen LogP contribution in [0.2, 0.25) is 5.02 Å². The highest BCUT2D eigenvalue weighted by atomic mass is 35.5. The Bertz CT molecular complexity index is 745. The number of nitrogens with one attached hydrogen (secondary N) is 1. The molecule has 0 heterocycles. The van der Waals surface area contributed by atoms with Crippen molar-refractivity contribution in [2.24, 2.45) is 0 Å². The monoisotopic (exact) mass is 341 g/mol. The molecule has 6 heteroatoms. The summed E-state index contributed by atoms with van der Waals surface area (Å²) in [7, 11) is -3.31. The summed E-state index contributed by atoms with van der Waals surface area (Å²) >= 11 is 7.80. The lowest BCUT2D eigenvalue weighted by molar-refractivity contribution is 0.601. The number of rotatable bonds is 5. The number of hydrogen-bond acceptors (Lipinski definition) is 4. The quantitative estimate of drug-likeness (QED) is 0.832. The summed E-state index contributed by atoms with van der Waals surface area (Å²) in [5.41, 5.74) is 1.56. The van der Waals surface area contributed by atoms with E-state index >= 15 is 0 Å². The molecule has 2 aromatic carbocycles. The Labute approximate surface area is 134 Å². The van der Waals surface area contributed by atoms with E-state index in [1.165, 1.54) is 6.26 Å². The molecule has 0 saturated carbocycles. The van der Waals surface area contributed by atoms with Crippen molar-refractivity contribution in [3.8, 4) is 0 Å². The zero-order valence-electron chi connectivity index (χ0n) is 11.8. The molecule has 21 heavy (non-hydrogen) atoms. The van der Waals surface area contributed by atoms with Gasteiger partial charge in [-0.25, -0.2) is 8.42 Å². The van der Waals surface area contributed by atoms with Crippen LogP contribution >= 0.6 is 23.4 Å². The molecule has 2 aromatic rings. The number of hydrogen-bond donors (Lipinski definition) is 1. The molecule has 0 unspecified atom stereocenters. The van der Waals surface area contributed by atoms with Crippen LogP contribution in [0.15, 0.2) is 52.3 Å². The highest BCUT2D eigenvalue weighted by molar-refractivity contribution is 7.98. The van der Waals surface area contributed by atoms with Gasteiger partial charge in [-0.1, -0.05) is 29.8 Å². The van der Waals surface area contributed by atoms with Gasteiger partial charge in [-0.2, -0.15) is 0 Å². The molecular weight excluding hydrogens is 326 g/mol. The van der Waals surface area contributed by atoms with Gasteiger partial charge in [0.25, 0.3) is 0 Å². The minimum Gasteiger partial charge on any atom is -0.380 e. The Hall–Kier alpha value is -1.17. The molecule has 2 rings (SSSR count). The van der Waals surface area contributed by atoms with Gasteiger partial charge in [0.1, 0.15) is 0 Å². The SMILES string of the molecule is CSc1ccccc1NCc1c(Cl)cccc1S(C)(=O)=O. The predicted molar refractivity (Wildman–Crippen MR) is 90.1 cm³/mol. The Morgan fingerprint density at radius 2 is 1.86 bits per heavy atom. The molecule has 0 amide bonds. The third-order valence-corrected chi connectivity index (χ3v) is 5.37. The Kier molecular flexibility index (Phi) is 5.19. The van der Waals surface area contributed by atoms with E-state index in [-0.39, 0.29) is 4.90 Å². The van der Waals surface area contributed by atoms with Crippen LogP contribution in [0.25, 0.3) is 0 Å². The van der Waals surface area contributed by atoms with Crippen molar-refractivity contribution in [3.63, 3.8) is 0 Å². The molecule has 0 radical (unpaired) electrons. The number of anilines is 1. The lowest BCUT2D eigenvalue weighted by Crippen LogP contribution is -2.08. The van der Waals surface area contributed by atoms with E-state index in [1.807, 2.05) is 30.5 Å². The number of halogens is 1. The van der Waals surface area contributed by atoms with E-state index < -0.39 is 9.84 Å². The Morgan fingerprint density at radius 3 is 2.52 bits per heavy atom. The van der Waals surface area contributed by atoms with Crippen LogP contribution in [0.3, 0.4) is 0 Å². The first-order valence-corrected chi connectivity index (χ1v) is 9.77. The maximum atomic E-state index is 11.8. The molecule has 0 atom stereocenters. The largest absolute Gasteiger partial charge is 0.380 e. The molecule has 0 fully saturated rings. The summed E-state index contributed by atoms with van der Waals surface area (Å²) in [6.07, 6.45) is 3.19. The van der Waals surface area contributed by atoms with Gasteiger partial charge in [0, 0.05) is 34.0 Å². The number of para-hydroxylation sites is 1. The van der Waals surface area contributed by atoms with Crippen LogP contribution in [0, 0.1) is 0 Å². The van der Waals surface area contributed by atoms with Gasteiger partial charge in [-0.3, -0.25) is 0 Å². The number of thioether (sulfide) groups is 1. The lowest BCUT2D eigenvalue weighted by Gasteiger charge is -2.14. The smallest absolute Gasteiger partial charge is 0.175 e. The molecule has 0 saturated heterocycles. The van der Waals surface area contributed by atoms with E-state index in [9.17, 15) is 8.42 Å². The molecule has 1 N–H and O–H groups in total. The zero-order chi connectivity index (χ0) is 15.5. The molecule has 112 valence electrons. The van der Waals surface area contributed by atoms with Crippen molar-refractivity contribution in [1.82, 2.24) is 0 Å². The second-order valence-electron chi connectivity index (χ2n) is 4.54. The third-order valence-electron chi connectivity index (χ3n) is 3.04. The van der Waals surface area contributed by atoms with Crippen molar-refractivity contribution in [3.05, 3.63) is 53.1 Å². The fraction of sp³-hybridized carbons (Fsp3) is 0.200. The van der Waals surface area contributed by atoms with Gasteiger partial charge in [0.2, 0.25) is 0 Å². The van der Waals surface area contributed by atoms with Gasteiger partial charge in [0.05, 0.1) is 4.90 Å². The highest BCUT2D eigenvalue weighted by Crippen LogP contribution is 2.28. The summed E-state index contributed by atoms with van der Waals surface area (Å²) in [5.74, 6) is 0. The summed E-state index contributed by atoms with van der Waals surface area (Å²) in [6.45, 7) is 0.361. The minimum absolute atomic E-state index is 0.268. The molecule has 3 nitrogen and oxygen atoms in total. The van der Waals surface area contributed by atoms with Gasteiger partial charge >= 0.3 is 0 Å². The fourth-order valence-electron chi connectivity index (χ4n) is 2.03. The topological polar surface area (TPSA) is 46.2 Å². The van der Waals surface area contributed by atoms with Gasteiger partial charge in [0.15, 0.2) is 9.84 Å². The Balaban J connectivity index is 2.33. The summed E-state index contributed by atoms with van der Waals surface area (Å²) < 4.78 is 23.7. The van der Waals surface area contributed by atoms with Crippen molar-refractivity contribution in [2.75, 3.05) is 17.8 Å². The average molecular weight is 342 g/mol.